The van der Waals surface area contributed by atoms with Gasteiger partial charge in [0, 0.05) is 41.2 Å². The lowest BCUT2D eigenvalue weighted by Gasteiger charge is -2.25. The topological polar surface area (TPSA) is 45.1 Å². The maximum Gasteiger partial charge on any atom is 0.0485 e. The molecular formula is C13H17BrN2O. The van der Waals surface area contributed by atoms with Crippen molar-refractivity contribution in [1.29, 1.82) is 5.41 Å². The van der Waals surface area contributed by atoms with Gasteiger partial charge in [-0.05, 0) is 37.5 Å². The molecule has 4 heteroatoms. The molecule has 2 rings (SSSR count). The molecule has 0 aliphatic carbocycles. The maximum absolute atomic E-state index is 7.53. The quantitative estimate of drug-likeness (QED) is 0.840. The highest BCUT2D eigenvalue weighted by molar-refractivity contribution is 9.10. The van der Waals surface area contributed by atoms with E-state index < -0.39 is 0 Å². The van der Waals surface area contributed by atoms with Gasteiger partial charge in [-0.2, -0.15) is 0 Å². The summed E-state index contributed by atoms with van der Waals surface area (Å²) in [5, 5.41) is 11.0. The summed E-state index contributed by atoms with van der Waals surface area (Å²) < 4.78 is 6.39. The van der Waals surface area contributed by atoms with Gasteiger partial charge in [0.1, 0.15) is 0 Å². The number of hydrogen-bond acceptors (Lipinski definition) is 3. The van der Waals surface area contributed by atoms with Crippen molar-refractivity contribution < 1.29 is 4.74 Å². The molecule has 0 aromatic heterocycles. The van der Waals surface area contributed by atoms with Crippen molar-refractivity contribution in [2.45, 2.75) is 25.8 Å². The molecule has 0 bridgehead atoms. The van der Waals surface area contributed by atoms with Crippen molar-refractivity contribution in [1.82, 2.24) is 0 Å². The molecule has 1 aliphatic heterocycles. The lowest BCUT2D eigenvalue weighted by molar-refractivity contribution is 0.0904. The summed E-state index contributed by atoms with van der Waals surface area (Å²) >= 11 is 3.50. The fraction of sp³-hybridized carbons (Fsp3) is 0.462. The summed E-state index contributed by atoms with van der Waals surface area (Å²) in [7, 11) is 0. The van der Waals surface area contributed by atoms with Gasteiger partial charge in [-0.3, -0.25) is 0 Å². The van der Waals surface area contributed by atoms with Crippen molar-refractivity contribution in [3.05, 3.63) is 27.7 Å². The lowest BCUT2D eigenvalue weighted by atomic mass is 10.0. The minimum absolute atomic E-state index is 0.461. The predicted octanol–water partition coefficient (Wildman–Crippen LogP) is 3.35. The highest BCUT2D eigenvalue weighted by atomic mass is 79.9. The summed E-state index contributed by atoms with van der Waals surface area (Å²) in [4.78, 5) is 0. The van der Waals surface area contributed by atoms with Crippen LogP contribution in [0.5, 0.6) is 0 Å². The molecule has 1 saturated heterocycles. The Labute approximate surface area is 110 Å². The first kappa shape index (κ1) is 12.6. The van der Waals surface area contributed by atoms with E-state index in [0.29, 0.717) is 6.04 Å². The standard InChI is InChI=1S/C13H17BrN2O/c1-9-11(8-15)13(3-2-12(9)14)16-10-4-6-17-7-5-10/h2-3,8,10,15-16H,4-7H2,1H3. The number of hydrogen-bond donors (Lipinski definition) is 2. The monoisotopic (exact) mass is 296 g/mol. The Bertz CT molecular complexity index is 414. The fourth-order valence-electron chi connectivity index (χ4n) is 2.08. The molecule has 0 unspecified atom stereocenters. The van der Waals surface area contributed by atoms with Crippen molar-refractivity contribution >= 4 is 27.8 Å². The molecule has 1 aliphatic rings. The van der Waals surface area contributed by atoms with E-state index in [4.69, 9.17) is 10.1 Å². The van der Waals surface area contributed by atoms with Gasteiger partial charge in [0.2, 0.25) is 0 Å². The summed E-state index contributed by atoms with van der Waals surface area (Å²) in [6.45, 7) is 3.68. The Morgan fingerprint density at radius 3 is 2.76 bits per heavy atom. The largest absolute Gasteiger partial charge is 0.382 e. The zero-order valence-electron chi connectivity index (χ0n) is 9.92. The first-order valence-corrected chi connectivity index (χ1v) is 6.65. The van der Waals surface area contributed by atoms with Crippen LogP contribution < -0.4 is 5.32 Å². The molecule has 1 heterocycles. The number of nitrogens with one attached hydrogen (secondary N) is 2. The van der Waals surface area contributed by atoms with Crippen LogP contribution in [-0.2, 0) is 4.74 Å². The highest BCUT2D eigenvalue weighted by Crippen LogP contribution is 2.26. The Hall–Kier alpha value is -0.870. The van der Waals surface area contributed by atoms with Gasteiger partial charge in [-0.15, -0.1) is 0 Å². The summed E-state index contributed by atoms with van der Waals surface area (Å²) in [6, 6.07) is 4.53. The lowest BCUT2D eigenvalue weighted by Crippen LogP contribution is -2.28. The molecule has 1 aromatic rings. The summed E-state index contributed by atoms with van der Waals surface area (Å²) in [6.07, 6.45) is 3.49. The first-order chi connectivity index (χ1) is 8.22. The minimum Gasteiger partial charge on any atom is -0.382 e. The number of halogens is 1. The molecule has 92 valence electrons. The average Bonchev–Trinajstić information content (AvgIpc) is 2.36. The molecule has 1 fully saturated rings. The van der Waals surface area contributed by atoms with Gasteiger partial charge in [0.15, 0.2) is 0 Å². The highest BCUT2D eigenvalue weighted by Gasteiger charge is 2.15. The minimum atomic E-state index is 0.461. The maximum atomic E-state index is 7.53. The predicted molar refractivity (Wildman–Crippen MR) is 74.2 cm³/mol. The molecule has 0 amide bonds. The van der Waals surface area contributed by atoms with E-state index >= 15 is 0 Å². The molecule has 1 aromatic carbocycles. The van der Waals surface area contributed by atoms with Crippen LogP contribution in [0.2, 0.25) is 0 Å². The van der Waals surface area contributed by atoms with Gasteiger partial charge >= 0.3 is 0 Å². The first-order valence-electron chi connectivity index (χ1n) is 5.86. The third-order valence-corrected chi connectivity index (χ3v) is 4.03. The molecule has 0 atom stereocenters. The smallest absolute Gasteiger partial charge is 0.0485 e. The van der Waals surface area contributed by atoms with E-state index in [-0.39, 0.29) is 0 Å². The van der Waals surface area contributed by atoms with E-state index in [2.05, 4.69) is 21.2 Å². The fourth-order valence-corrected chi connectivity index (χ4v) is 2.42. The van der Waals surface area contributed by atoms with Gasteiger partial charge in [0.25, 0.3) is 0 Å². The Morgan fingerprint density at radius 1 is 1.41 bits per heavy atom. The third-order valence-electron chi connectivity index (χ3n) is 3.17. The molecule has 3 nitrogen and oxygen atoms in total. The van der Waals surface area contributed by atoms with Crippen LogP contribution in [0, 0.1) is 12.3 Å². The van der Waals surface area contributed by atoms with Gasteiger partial charge in [-0.1, -0.05) is 15.9 Å². The van der Waals surface area contributed by atoms with Crippen LogP contribution in [0.4, 0.5) is 5.69 Å². The van der Waals surface area contributed by atoms with Gasteiger partial charge in [-0.25, -0.2) is 0 Å². The van der Waals surface area contributed by atoms with E-state index in [9.17, 15) is 0 Å². The summed E-state index contributed by atoms with van der Waals surface area (Å²) in [5.41, 5.74) is 3.12. The van der Waals surface area contributed by atoms with Crippen molar-refractivity contribution in [3.8, 4) is 0 Å². The van der Waals surface area contributed by atoms with Crippen molar-refractivity contribution in [2.75, 3.05) is 18.5 Å². The number of rotatable bonds is 3. The molecule has 17 heavy (non-hydrogen) atoms. The second-order valence-electron chi connectivity index (χ2n) is 4.31. The number of ether oxygens (including phenoxy) is 1. The summed E-state index contributed by atoms with van der Waals surface area (Å²) in [5.74, 6) is 0. The molecular weight excluding hydrogens is 280 g/mol. The molecule has 0 spiro atoms. The van der Waals surface area contributed by atoms with E-state index in [1.807, 2.05) is 19.1 Å². The Kier molecular flexibility index (Phi) is 4.18. The zero-order chi connectivity index (χ0) is 12.3. The van der Waals surface area contributed by atoms with Crippen LogP contribution in [0.15, 0.2) is 16.6 Å². The average molecular weight is 297 g/mol. The van der Waals surface area contributed by atoms with Gasteiger partial charge < -0.3 is 15.5 Å². The van der Waals surface area contributed by atoms with Crippen LogP contribution in [0.25, 0.3) is 0 Å². The molecule has 0 saturated carbocycles. The van der Waals surface area contributed by atoms with E-state index in [1.54, 1.807) is 0 Å². The SMILES string of the molecule is Cc1c(Br)ccc(NC2CCOCC2)c1C=N. The molecule has 2 N–H and O–H groups in total. The van der Waals surface area contributed by atoms with Crippen LogP contribution >= 0.6 is 15.9 Å². The van der Waals surface area contributed by atoms with Crippen LogP contribution in [0.3, 0.4) is 0 Å². The van der Waals surface area contributed by atoms with E-state index in [1.165, 1.54) is 6.21 Å². The number of benzene rings is 1. The van der Waals surface area contributed by atoms with Gasteiger partial charge in [0.05, 0.1) is 0 Å². The zero-order valence-corrected chi connectivity index (χ0v) is 11.5. The second-order valence-corrected chi connectivity index (χ2v) is 5.16. The van der Waals surface area contributed by atoms with Crippen molar-refractivity contribution in [2.24, 2.45) is 0 Å². The third kappa shape index (κ3) is 2.87. The van der Waals surface area contributed by atoms with Crippen LogP contribution in [-0.4, -0.2) is 25.5 Å². The normalized spacial score (nSPS) is 16.8. The van der Waals surface area contributed by atoms with Crippen LogP contribution in [0.1, 0.15) is 24.0 Å². The number of anilines is 1. The van der Waals surface area contributed by atoms with E-state index in [0.717, 1.165) is 47.3 Å². The Morgan fingerprint density at radius 2 is 2.12 bits per heavy atom. The Balaban J connectivity index is 2.19. The van der Waals surface area contributed by atoms with Crippen molar-refractivity contribution in [3.63, 3.8) is 0 Å². The molecule has 0 radical (unpaired) electrons. The second kappa shape index (κ2) is 5.65.